The molecule has 0 aliphatic rings. The molecule has 4 aromatic rings. The highest BCUT2D eigenvalue weighted by Crippen LogP contribution is 2.29. The highest BCUT2D eigenvalue weighted by atomic mass is 79.9. The van der Waals surface area contributed by atoms with E-state index in [2.05, 4.69) is 27.0 Å². The number of benzene rings is 2. The van der Waals surface area contributed by atoms with E-state index in [-0.39, 0.29) is 16.0 Å². The molecular formula is C19H13BrFN3O2. The second-order valence-electron chi connectivity index (χ2n) is 6.28. The summed E-state index contributed by atoms with van der Waals surface area (Å²) in [6, 6.07) is 9.89. The van der Waals surface area contributed by atoms with Crippen molar-refractivity contribution in [3.05, 3.63) is 56.4 Å². The lowest BCUT2D eigenvalue weighted by molar-refractivity contribution is 0.0749. The van der Waals surface area contributed by atoms with E-state index in [1.165, 1.54) is 16.9 Å². The van der Waals surface area contributed by atoms with Crippen molar-refractivity contribution < 1.29 is 9.23 Å². The molecule has 1 N–H and O–H groups in total. The third-order valence-corrected chi connectivity index (χ3v) is 4.76. The van der Waals surface area contributed by atoms with E-state index < -0.39 is 5.82 Å². The van der Waals surface area contributed by atoms with Crippen molar-refractivity contribution in [2.24, 2.45) is 0 Å². The SMILES string of the molecule is CC(C)On1c2cc(F)c(Br)cc2c(=O)c2c3ccc(C#N)cc3[nH]c21. The van der Waals surface area contributed by atoms with Crippen molar-refractivity contribution in [2.45, 2.75) is 20.0 Å². The van der Waals surface area contributed by atoms with Crippen LogP contribution in [0.4, 0.5) is 4.39 Å². The summed E-state index contributed by atoms with van der Waals surface area (Å²) in [4.78, 5) is 22.1. The Kier molecular flexibility index (Phi) is 3.74. The first kappa shape index (κ1) is 16.6. The van der Waals surface area contributed by atoms with E-state index in [1.54, 1.807) is 18.2 Å². The van der Waals surface area contributed by atoms with E-state index in [4.69, 9.17) is 10.1 Å². The predicted molar refractivity (Wildman–Crippen MR) is 102 cm³/mol. The number of nitriles is 1. The van der Waals surface area contributed by atoms with Gasteiger partial charge in [0.2, 0.25) is 0 Å². The molecule has 0 aliphatic heterocycles. The number of nitrogens with one attached hydrogen (secondary N) is 1. The average molecular weight is 414 g/mol. The number of hydrogen-bond donors (Lipinski definition) is 1. The maximum absolute atomic E-state index is 14.1. The lowest BCUT2D eigenvalue weighted by Gasteiger charge is -2.17. The molecule has 0 bridgehead atoms. The van der Waals surface area contributed by atoms with E-state index in [1.807, 2.05) is 13.8 Å². The van der Waals surface area contributed by atoms with Crippen LogP contribution in [-0.4, -0.2) is 15.8 Å². The van der Waals surface area contributed by atoms with Crippen LogP contribution < -0.4 is 10.3 Å². The summed E-state index contributed by atoms with van der Waals surface area (Å²) in [5, 5.41) is 10.6. The Morgan fingerprint density at radius 2 is 2.04 bits per heavy atom. The minimum Gasteiger partial charge on any atom is -0.409 e. The summed E-state index contributed by atoms with van der Waals surface area (Å²) in [5.41, 5.74) is 1.67. The lowest BCUT2D eigenvalue weighted by Crippen LogP contribution is -2.23. The van der Waals surface area contributed by atoms with Crippen LogP contribution in [0.1, 0.15) is 19.4 Å². The van der Waals surface area contributed by atoms with Gasteiger partial charge in [-0.2, -0.15) is 9.99 Å². The molecule has 0 atom stereocenters. The Bertz CT molecular complexity index is 1300. The first-order valence-electron chi connectivity index (χ1n) is 7.97. The van der Waals surface area contributed by atoms with Crippen LogP contribution in [0.25, 0.3) is 32.8 Å². The topological polar surface area (TPSA) is 70.8 Å². The molecule has 0 radical (unpaired) electrons. The third-order valence-electron chi connectivity index (χ3n) is 4.16. The first-order valence-corrected chi connectivity index (χ1v) is 8.76. The summed E-state index contributed by atoms with van der Waals surface area (Å²) in [6.45, 7) is 3.70. The molecule has 7 heteroatoms. The zero-order valence-corrected chi connectivity index (χ0v) is 15.5. The molecule has 0 fully saturated rings. The van der Waals surface area contributed by atoms with Crippen molar-refractivity contribution in [1.29, 1.82) is 5.26 Å². The number of halogens is 2. The fraction of sp³-hybridized carbons (Fsp3) is 0.158. The number of fused-ring (bicyclic) bond motifs is 4. The maximum atomic E-state index is 14.1. The van der Waals surface area contributed by atoms with Gasteiger partial charge < -0.3 is 9.82 Å². The van der Waals surface area contributed by atoms with Gasteiger partial charge in [0.05, 0.1) is 32.4 Å². The molecule has 2 aromatic heterocycles. The Morgan fingerprint density at radius 3 is 2.73 bits per heavy atom. The van der Waals surface area contributed by atoms with Gasteiger partial charge in [-0.1, -0.05) is 6.07 Å². The maximum Gasteiger partial charge on any atom is 0.199 e. The van der Waals surface area contributed by atoms with Crippen LogP contribution in [0, 0.1) is 17.1 Å². The third kappa shape index (κ3) is 2.37. The fourth-order valence-electron chi connectivity index (χ4n) is 3.10. The zero-order chi connectivity index (χ0) is 18.6. The molecule has 0 saturated heterocycles. The molecule has 130 valence electrons. The van der Waals surface area contributed by atoms with Crippen LogP contribution in [-0.2, 0) is 0 Å². The van der Waals surface area contributed by atoms with Crippen LogP contribution in [0.5, 0.6) is 0 Å². The van der Waals surface area contributed by atoms with Gasteiger partial charge in [-0.05, 0) is 48.0 Å². The molecule has 4 rings (SSSR count). The highest BCUT2D eigenvalue weighted by Gasteiger charge is 2.19. The van der Waals surface area contributed by atoms with Crippen molar-refractivity contribution in [1.82, 2.24) is 9.71 Å². The lowest BCUT2D eigenvalue weighted by atomic mass is 10.1. The van der Waals surface area contributed by atoms with Crippen molar-refractivity contribution in [3.63, 3.8) is 0 Å². The van der Waals surface area contributed by atoms with Crippen LogP contribution >= 0.6 is 15.9 Å². The summed E-state index contributed by atoms with van der Waals surface area (Å²) in [5.74, 6) is -0.486. The van der Waals surface area contributed by atoms with Gasteiger partial charge >= 0.3 is 0 Å². The molecule has 26 heavy (non-hydrogen) atoms. The number of nitrogens with zero attached hydrogens (tertiary/aromatic N) is 2. The van der Waals surface area contributed by atoms with E-state index in [9.17, 15) is 9.18 Å². The average Bonchev–Trinajstić information content (AvgIpc) is 2.98. The van der Waals surface area contributed by atoms with Gasteiger partial charge in [0.1, 0.15) is 11.9 Å². The quantitative estimate of drug-likeness (QED) is 0.533. The van der Waals surface area contributed by atoms with E-state index in [0.29, 0.717) is 38.4 Å². The molecule has 5 nitrogen and oxygen atoms in total. The normalized spacial score (nSPS) is 11.5. The number of rotatable bonds is 2. The Labute approximate surface area is 155 Å². The molecule has 2 aromatic carbocycles. The number of aromatic nitrogens is 2. The predicted octanol–water partition coefficient (Wildman–Crippen LogP) is 4.25. The Balaban J connectivity index is 2.27. The van der Waals surface area contributed by atoms with Gasteiger partial charge in [0.25, 0.3) is 0 Å². The standard InChI is InChI=1S/C19H13BrFN3O2/c1-9(2)26-24-16-7-14(21)13(20)6-12(16)18(25)17-11-4-3-10(8-22)5-15(11)23-19(17)24/h3-7,9,23H,1-2H3. The number of aromatic amines is 1. The molecule has 0 unspecified atom stereocenters. The molecular weight excluding hydrogens is 401 g/mol. The van der Waals surface area contributed by atoms with Gasteiger partial charge in [-0.15, -0.1) is 0 Å². The second kappa shape index (κ2) is 5.85. The minimum atomic E-state index is -0.486. The molecule has 0 aliphatic carbocycles. The summed E-state index contributed by atoms with van der Waals surface area (Å²) in [6.07, 6.45) is -0.198. The second-order valence-corrected chi connectivity index (χ2v) is 7.14. The summed E-state index contributed by atoms with van der Waals surface area (Å²) < 4.78 is 15.8. The molecule has 0 spiro atoms. The smallest absolute Gasteiger partial charge is 0.199 e. The molecule has 0 amide bonds. The number of hydrogen-bond acceptors (Lipinski definition) is 3. The zero-order valence-electron chi connectivity index (χ0n) is 13.9. The van der Waals surface area contributed by atoms with Crippen LogP contribution in [0.15, 0.2) is 39.6 Å². The summed E-state index contributed by atoms with van der Waals surface area (Å²) in [7, 11) is 0. The van der Waals surface area contributed by atoms with Gasteiger partial charge in [0.15, 0.2) is 11.1 Å². The van der Waals surface area contributed by atoms with Gasteiger partial charge in [-0.25, -0.2) is 4.39 Å². The number of pyridine rings is 1. The largest absolute Gasteiger partial charge is 0.409 e. The monoisotopic (exact) mass is 413 g/mol. The Hall–Kier alpha value is -2.85. The van der Waals surface area contributed by atoms with E-state index in [0.717, 1.165) is 0 Å². The summed E-state index contributed by atoms with van der Waals surface area (Å²) >= 11 is 3.14. The first-order chi connectivity index (χ1) is 12.4. The van der Waals surface area contributed by atoms with Crippen molar-refractivity contribution >= 4 is 48.8 Å². The minimum absolute atomic E-state index is 0.198. The Morgan fingerprint density at radius 1 is 1.27 bits per heavy atom. The molecule has 2 heterocycles. The van der Waals surface area contributed by atoms with Crippen LogP contribution in [0.3, 0.4) is 0 Å². The fourth-order valence-corrected chi connectivity index (χ4v) is 3.44. The van der Waals surface area contributed by atoms with Gasteiger partial charge in [-0.3, -0.25) is 4.79 Å². The van der Waals surface area contributed by atoms with Crippen molar-refractivity contribution in [2.75, 3.05) is 0 Å². The number of H-pyrrole nitrogens is 1. The highest BCUT2D eigenvalue weighted by molar-refractivity contribution is 9.10. The van der Waals surface area contributed by atoms with Gasteiger partial charge in [0, 0.05) is 17.0 Å². The van der Waals surface area contributed by atoms with E-state index >= 15 is 0 Å². The van der Waals surface area contributed by atoms with Crippen molar-refractivity contribution in [3.8, 4) is 6.07 Å². The van der Waals surface area contributed by atoms with Crippen LogP contribution in [0.2, 0.25) is 0 Å². The molecule has 0 saturated carbocycles.